The molecule has 0 amide bonds. The van der Waals surface area contributed by atoms with Gasteiger partial charge in [0.05, 0.1) is 0 Å². The van der Waals surface area contributed by atoms with Crippen LogP contribution in [0.4, 0.5) is 0 Å². The molecule has 0 aliphatic heterocycles. The third-order valence-corrected chi connectivity index (χ3v) is 6.68. The molecule has 1 aliphatic rings. The Labute approximate surface area is 206 Å². The van der Waals surface area contributed by atoms with Crippen molar-refractivity contribution < 1.29 is 0 Å². The quantitative estimate of drug-likeness (QED) is 0.350. The van der Waals surface area contributed by atoms with Crippen LogP contribution in [0.15, 0.2) is 103 Å². The zero-order chi connectivity index (χ0) is 24.3. The molecule has 0 nitrogen and oxygen atoms in total. The van der Waals surface area contributed by atoms with Crippen molar-refractivity contribution in [3.8, 4) is 0 Å². The summed E-state index contributed by atoms with van der Waals surface area (Å²) in [7, 11) is 0. The molecule has 0 aromatic heterocycles. The molecule has 1 aliphatic carbocycles. The van der Waals surface area contributed by atoms with Crippen molar-refractivity contribution in [2.75, 3.05) is 0 Å². The lowest BCUT2D eigenvalue weighted by atomic mass is 9.81. The Kier molecular flexibility index (Phi) is 6.80. The largest absolute Gasteiger partial charge is 0.0836 e. The van der Waals surface area contributed by atoms with Crippen molar-refractivity contribution in [1.82, 2.24) is 0 Å². The molecule has 0 spiro atoms. The van der Waals surface area contributed by atoms with E-state index in [-0.39, 0.29) is 10.8 Å². The van der Waals surface area contributed by atoms with Crippen molar-refractivity contribution in [2.45, 2.75) is 65.2 Å². The summed E-state index contributed by atoms with van der Waals surface area (Å²) in [6.45, 7) is 13.6. The minimum Gasteiger partial charge on any atom is -0.0836 e. The summed E-state index contributed by atoms with van der Waals surface area (Å²) in [5, 5.41) is 0. The summed E-state index contributed by atoms with van der Waals surface area (Å²) in [5.74, 6) is 0. The fourth-order valence-corrected chi connectivity index (χ4v) is 4.59. The van der Waals surface area contributed by atoms with Gasteiger partial charge in [0.15, 0.2) is 0 Å². The zero-order valence-electron chi connectivity index (χ0n) is 21.7. The van der Waals surface area contributed by atoms with Crippen LogP contribution in [0.5, 0.6) is 0 Å². The molecule has 34 heavy (non-hydrogen) atoms. The molecule has 0 fully saturated rings. The topological polar surface area (TPSA) is 0 Å². The highest BCUT2D eigenvalue weighted by molar-refractivity contribution is 6.05. The van der Waals surface area contributed by atoms with Crippen molar-refractivity contribution in [3.05, 3.63) is 130 Å². The van der Waals surface area contributed by atoms with Crippen molar-refractivity contribution in [2.24, 2.45) is 0 Å². The van der Waals surface area contributed by atoms with Gasteiger partial charge in [-0.15, -0.1) is 0 Å². The Morgan fingerprint density at radius 1 is 0.529 bits per heavy atom. The maximum Gasteiger partial charge on any atom is -0.00269 e. The van der Waals surface area contributed by atoms with E-state index in [2.05, 4.69) is 139 Å². The molecule has 0 heteroatoms. The fraction of sp³-hybridized carbons (Fsp3) is 0.294. The van der Waals surface area contributed by atoms with Crippen LogP contribution in [0, 0.1) is 0 Å². The minimum absolute atomic E-state index is 0.133. The van der Waals surface area contributed by atoms with Gasteiger partial charge in [-0.2, -0.15) is 0 Å². The van der Waals surface area contributed by atoms with Crippen LogP contribution in [0.25, 0.3) is 11.1 Å². The van der Waals surface area contributed by atoms with E-state index in [0.29, 0.717) is 0 Å². The minimum atomic E-state index is 0.133. The van der Waals surface area contributed by atoms with E-state index in [0.717, 1.165) is 12.8 Å². The van der Waals surface area contributed by atoms with Gasteiger partial charge in [-0.05, 0) is 68.2 Å². The van der Waals surface area contributed by atoms with Crippen molar-refractivity contribution in [1.29, 1.82) is 0 Å². The van der Waals surface area contributed by atoms with Gasteiger partial charge in [0.2, 0.25) is 0 Å². The summed E-state index contributed by atoms with van der Waals surface area (Å²) in [6, 6.07) is 29.3. The van der Waals surface area contributed by atoms with E-state index in [1.807, 2.05) is 0 Å². The van der Waals surface area contributed by atoms with E-state index in [4.69, 9.17) is 0 Å². The normalized spacial score (nSPS) is 14.0. The molecule has 0 radical (unpaired) electrons. The molecule has 174 valence electrons. The Morgan fingerprint density at radius 3 is 1.41 bits per heavy atom. The first-order chi connectivity index (χ1) is 16.1. The van der Waals surface area contributed by atoms with Crippen molar-refractivity contribution >= 4 is 11.1 Å². The second kappa shape index (κ2) is 9.63. The molecule has 0 N–H and O–H groups in total. The lowest BCUT2D eigenvalue weighted by Crippen LogP contribution is -2.11. The van der Waals surface area contributed by atoms with Crippen molar-refractivity contribution in [3.63, 3.8) is 0 Å². The third kappa shape index (κ3) is 5.33. The average molecular weight is 447 g/mol. The standard InChI is InChI=1S/C34H38/c1-33(2,3)29-21-17-27(18-22-29)32(28-19-23-30(24-20-28)34(4,5)6)31(25-13-9-7-10-14-25)26-15-11-8-12-16-26/h7,9-11,13-24H,8,12H2,1-6H3. The number of hydrogen-bond acceptors (Lipinski definition) is 0. The molecule has 0 heterocycles. The van der Waals surface area contributed by atoms with Gasteiger partial charge >= 0.3 is 0 Å². The first-order valence-corrected chi connectivity index (χ1v) is 12.5. The summed E-state index contributed by atoms with van der Waals surface area (Å²) in [6.07, 6.45) is 9.21. The van der Waals surface area contributed by atoms with Gasteiger partial charge < -0.3 is 0 Å². The maximum absolute atomic E-state index is 2.40. The van der Waals surface area contributed by atoms with Gasteiger partial charge in [-0.1, -0.05) is 139 Å². The van der Waals surface area contributed by atoms with Crippen LogP contribution in [0.2, 0.25) is 0 Å². The second-order valence-corrected chi connectivity index (χ2v) is 11.4. The molecular formula is C34H38. The number of allylic oxidation sites excluding steroid dienone is 5. The molecule has 0 unspecified atom stereocenters. The third-order valence-electron chi connectivity index (χ3n) is 6.68. The predicted molar refractivity (Wildman–Crippen MR) is 149 cm³/mol. The first kappa shape index (κ1) is 24.0. The highest BCUT2D eigenvalue weighted by atomic mass is 14.2. The number of hydrogen-bond donors (Lipinski definition) is 0. The summed E-state index contributed by atoms with van der Waals surface area (Å²) in [5.41, 5.74) is 10.7. The zero-order valence-corrected chi connectivity index (χ0v) is 21.7. The van der Waals surface area contributed by atoms with E-state index < -0.39 is 0 Å². The van der Waals surface area contributed by atoms with E-state index in [9.17, 15) is 0 Å². The molecule has 3 aromatic rings. The van der Waals surface area contributed by atoms with Gasteiger partial charge in [-0.3, -0.25) is 0 Å². The lowest BCUT2D eigenvalue weighted by Gasteiger charge is -2.23. The Morgan fingerprint density at radius 2 is 1.00 bits per heavy atom. The van der Waals surface area contributed by atoms with Crippen LogP contribution in [0.1, 0.15) is 82.2 Å². The van der Waals surface area contributed by atoms with Gasteiger partial charge in [0.1, 0.15) is 0 Å². The van der Waals surface area contributed by atoms with Crippen LogP contribution in [0.3, 0.4) is 0 Å². The fourth-order valence-electron chi connectivity index (χ4n) is 4.59. The van der Waals surface area contributed by atoms with Gasteiger partial charge in [0.25, 0.3) is 0 Å². The van der Waals surface area contributed by atoms with E-state index in [1.165, 1.54) is 44.5 Å². The molecule has 3 aromatic carbocycles. The highest BCUT2D eigenvalue weighted by Gasteiger charge is 2.20. The molecule has 0 bridgehead atoms. The summed E-state index contributed by atoms with van der Waals surface area (Å²) >= 11 is 0. The van der Waals surface area contributed by atoms with Crippen LogP contribution in [-0.4, -0.2) is 0 Å². The second-order valence-electron chi connectivity index (χ2n) is 11.4. The number of benzene rings is 3. The molecule has 4 rings (SSSR count). The Balaban J connectivity index is 1.99. The molecule has 0 saturated carbocycles. The van der Waals surface area contributed by atoms with E-state index in [1.54, 1.807) is 0 Å². The number of rotatable bonds is 4. The molecule has 0 saturated heterocycles. The molecule has 0 atom stereocenters. The maximum atomic E-state index is 2.40. The summed E-state index contributed by atoms with van der Waals surface area (Å²) in [4.78, 5) is 0. The smallest absolute Gasteiger partial charge is 0.00269 e. The first-order valence-electron chi connectivity index (χ1n) is 12.5. The SMILES string of the molecule is CC(C)(C)c1ccc(C(=C(C2=CCCC=C2)c2ccccc2)c2ccc(C(C)(C)C)cc2)cc1. The summed E-state index contributed by atoms with van der Waals surface area (Å²) < 4.78 is 0. The van der Waals surface area contributed by atoms with Crippen LogP contribution >= 0.6 is 0 Å². The predicted octanol–water partition coefficient (Wildman–Crippen LogP) is 9.52. The monoisotopic (exact) mass is 446 g/mol. The average Bonchev–Trinajstić information content (AvgIpc) is 2.83. The van der Waals surface area contributed by atoms with Gasteiger partial charge in [-0.25, -0.2) is 0 Å². The lowest BCUT2D eigenvalue weighted by molar-refractivity contribution is 0.590. The molecular weight excluding hydrogens is 408 g/mol. The highest BCUT2D eigenvalue weighted by Crippen LogP contribution is 2.39. The van der Waals surface area contributed by atoms with Crippen LogP contribution < -0.4 is 0 Å². The van der Waals surface area contributed by atoms with Gasteiger partial charge in [0, 0.05) is 0 Å². The Bertz CT molecular complexity index is 1140. The van der Waals surface area contributed by atoms with Crippen LogP contribution in [-0.2, 0) is 10.8 Å². The Hall–Kier alpha value is -3.12. The van der Waals surface area contributed by atoms with E-state index >= 15 is 0 Å².